The van der Waals surface area contributed by atoms with Crippen LogP contribution in [0, 0.1) is 0 Å². The number of ether oxygens (including phenoxy) is 1. The number of hydrogen-bond donors (Lipinski definition) is 1. The molecule has 0 aliphatic carbocycles. The fourth-order valence-electron chi connectivity index (χ4n) is 3.45. The van der Waals surface area contributed by atoms with Crippen LogP contribution in [0.1, 0.15) is 30.4 Å². The summed E-state index contributed by atoms with van der Waals surface area (Å²) in [6, 6.07) is 18.7. The second kappa shape index (κ2) is 9.59. The first kappa shape index (κ1) is 18.0. The zero-order valence-corrected chi connectivity index (χ0v) is 14.9. The number of β-amino-alcohol motifs (C(OH)–C–C–N with tert-alkyl or cyclic N) is 1. The van der Waals surface area contributed by atoms with Gasteiger partial charge in [-0.25, -0.2) is 0 Å². The number of likely N-dealkylation sites (tertiary alicyclic amines) is 1. The SMILES string of the molecule is OC(COc1ccccc1CCc1ccccc1)CN1CCCCC1. The molecule has 25 heavy (non-hydrogen) atoms. The maximum Gasteiger partial charge on any atom is 0.122 e. The Kier molecular flexibility index (Phi) is 6.89. The third-order valence-electron chi connectivity index (χ3n) is 4.85. The van der Waals surface area contributed by atoms with Crippen molar-refractivity contribution in [2.45, 2.75) is 38.2 Å². The molecular weight excluding hydrogens is 310 g/mol. The molecule has 2 aromatic rings. The summed E-state index contributed by atoms with van der Waals surface area (Å²) in [5, 5.41) is 10.3. The fraction of sp³-hybridized carbons (Fsp3) is 0.455. The predicted molar refractivity (Wildman–Crippen MR) is 102 cm³/mol. The van der Waals surface area contributed by atoms with Crippen molar-refractivity contribution in [2.24, 2.45) is 0 Å². The highest BCUT2D eigenvalue weighted by Gasteiger charge is 2.15. The summed E-state index contributed by atoms with van der Waals surface area (Å²) < 4.78 is 5.95. The molecule has 1 N–H and O–H groups in total. The molecule has 3 heteroatoms. The first-order valence-corrected chi connectivity index (χ1v) is 9.46. The Morgan fingerprint density at radius 3 is 2.40 bits per heavy atom. The largest absolute Gasteiger partial charge is 0.491 e. The summed E-state index contributed by atoms with van der Waals surface area (Å²) >= 11 is 0. The van der Waals surface area contributed by atoms with E-state index >= 15 is 0 Å². The van der Waals surface area contributed by atoms with Crippen LogP contribution in [0.25, 0.3) is 0 Å². The van der Waals surface area contributed by atoms with Crippen LogP contribution in [-0.2, 0) is 12.8 Å². The van der Waals surface area contributed by atoms with Crippen molar-refractivity contribution in [1.29, 1.82) is 0 Å². The lowest BCUT2D eigenvalue weighted by molar-refractivity contribution is 0.0614. The third kappa shape index (κ3) is 5.87. The zero-order valence-electron chi connectivity index (χ0n) is 14.9. The quantitative estimate of drug-likeness (QED) is 0.796. The molecule has 3 rings (SSSR count). The van der Waals surface area contributed by atoms with Crippen LogP contribution in [0.3, 0.4) is 0 Å². The molecule has 134 valence electrons. The second-order valence-electron chi connectivity index (χ2n) is 6.92. The lowest BCUT2D eigenvalue weighted by Gasteiger charge is -2.28. The Bertz CT molecular complexity index is 623. The van der Waals surface area contributed by atoms with Gasteiger partial charge in [-0.1, -0.05) is 55.0 Å². The van der Waals surface area contributed by atoms with E-state index in [-0.39, 0.29) is 0 Å². The Labute approximate surface area is 151 Å². The average Bonchev–Trinajstić information content (AvgIpc) is 2.67. The average molecular weight is 339 g/mol. The second-order valence-corrected chi connectivity index (χ2v) is 6.92. The van der Waals surface area contributed by atoms with Gasteiger partial charge in [-0.15, -0.1) is 0 Å². The minimum atomic E-state index is -0.430. The number of benzene rings is 2. The van der Waals surface area contributed by atoms with Crippen LogP contribution < -0.4 is 4.74 Å². The summed E-state index contributed by atoms with van der Waals surface area (Å²) in [4.78, 5) is 2.35. The molecule has 1 aliphatic rings. The van der Waals surface area contributed by atoms with Crippen LogP contribution in [0.5, 0.6) is 5.75 Å². The van der Waals surface area contributed by atoms with E-state index in [0.717, 1.165) is 31.7 Å². The highest BCUT2D eigenvalue weighted by Crippen LogP contribution is 2.20. The van der Waals surface area contributed by atoms with E-state index in [1.165, 1.54) is 30.4 Å². The van der Waals surface area contributed by atoms with Gasteiger partial charge in [0.15, 0.2) is 0 Å². The summed E-state index contributed by atoms with van der Waals surface area (Å²) in [6.07, 6.45) is 5.32. The first-order valence-electron chi connectivity index (χ1n) is 9.46. The zero-order chi connectivity index (χ0) is 17.3. The number of aryl methyl sites for hydroxylation is 2. The van der Waals surface area contributed by atoms with Gasteiger partial charge in [0, 0.05) is 6.54 Å². The van der Waals surface area contributed by atoms with E-state index in [1.807, 2.05) is 18.2 Å². The number of aliphatic hydroxyl groups is 1. The smallest absolute Gasteiger partial charge is 0.122 e. The minimum Gasteiger partial charge on any atom is -0.491 e. The normalized spacial score (nSPS) is 16.5. The number of rotatable bonds is 8. The fourth-order valence-corrected chi connectivity index (χ4v) is 3.45. The van der Waals surface area contributed by atoms with Crippen LogP contribution in [-0.4, -0.2) is 42.4 Å². The number of piperidine rings is 1. The van der Waals surface area contributed by atoms with E-state index in [4.69, 9.17) is 4.74 Å². The lowest BCUT2D eigenvalue weighted by atomic mass is 10.0. The number of aliphatic hydroxyl groups excluding tert-OH is 1. The maximum absolute atomic E-state index is 10.3. The molecule has 0 radical (unpaired) electrons. The van der Waals surface area contributed by atoms with Crippen LogP contribution in [0.4, 0.5) is 0 Å². The van der Waals surface area contributed by atoms with E-state index in [9.17, 15) is 5.11 Å². The number of nitrogens with zero attached hydrogens (tertiary/aromatic N) is 1. The van der Waals surface area contributed by atoms with Crippen molar-refractivity contribution in [3.05, 3.63) is 65.7 Å². The standard InChI is InChI=1S/C22H29NO2/c24-21(17-23-15-7-2-8-16-23)18-25-22-12-6-5-11-20(22)14-13-19-9-3-1-4-10-19/h1,3-6,9-12,21,24H,2,7-8,13-18H2. The van der Waals surface area contributed by atoms with Crippen LogP contribution in [0.15, 0.2) is 54.6 Å². The maximum atomic E-state index is 10.3. The van der Waals surface area contributed by atoms with Crippen LogP contribution >= 0.6 is 0 Å². The van der Waals surface area contributed by atoms with Gasteiger partial charge in [0.25, 0.3) is 0 Å². The molecule has 0 bridgehead atoms. The van der Waals surface area contributed by atoms with Gasteiger partial charge in [-0.3, -0.25) is 0 Å². The van der Waals surface area contributed by atoms with E-state index in [0.29, 0.717) is 13.2 Å². The molecule has 3 nitrogen and oxygen atoms in total. The first-order chi connectivity index (χ1) is 12.3. The van der Waals surface area contributed by atoms with Gasteiger partial charge < -0.3 is 14.7 Å². The summed E-state index contributed by atoms with van der Waals surface area (Å²) in [5.74, 6) is 0.899. The van der Waals surface area contributed by atoms with Gasteiger partial charge in [0.1, 0.15) is 18.5 Å². The van der Waals surface area contributed by atoms with Gasteiger partial charge in [-0.05, 0) is 56.0 Å². The molecule has 0 aromatic heterocycles. The molecule has 1 saturated heterocycles. The lowest BCUT2D eigenvalue weighted by Crippen LogP contribution is -2.38. The van der Waals surface area contributed by atoms with Crippen molar-refractivity contribution in [3.63, 3.8) is 0 Å². The Morgan fingerprint density at radius 1 is 0.880 bits per heavy atom. The highest BCUT2D eigenvalue weighted by molar-refractivity contribution is 5.34. The monoisotopic (exact) mass is 339 g/mol. The van der Waals surface area contributed by atoms with Gasteiger partial charge in [0.05, 0.1) is 0 Å². The van der Waals surface area contributed by atoms with Crippen molar-refractivity contribution in [2.75, 3.05) is 26.2 Å². The van der Waals surface area contributed by atoms with Crippen molar-refractivity contribution in [3.8, 4) is 5.75 Å². The minimum absolute atomic E-state index is 0.360. The topological polar surface area (TPSA) is 32.7 Å². The number of para-hydroxylation sites is 1. The number of hydrogen-bond acceptors (Lipinski definition) is 3. The third-order valence-corrected chi connectivity index (χ3v) is 4.85. The Balaban J connectivity index is 1.50. The van der Waals surface area contributed by atoms with E-state index in [2.05, 4.69) is 41.3 Å². The van der Waals surface area contributed by atoms with Crippen molar-refractivity contribution >= 4 is 0 Å². The molecule has 0 amide bonds. The molecule has 1 unspecified atom stereocenters. The van der Waals surface area contributed by atoms with Gasteiger partial charge in [0.2, 0.25) is 0 Å². The molecule has 0 saturated carbocycles. The molecule has 1 atom stereocenters. The highest BCUT2D eigenvalue weighted by atomic mass is 16.5. The molecule has 2 aromatic carbocycles. The van der Waals surface area contributed by atoms with E-state index in [1.54, 1.807) is 0 Å². The van der Waals surface area contributed by atoms with Gasteiger partial charge in [-0.2, -0.15) is 0 Å². The molecule has 1 heterocycles. The van der Waals surface area contributed by atoms with Crippen LogP contribution in [0.2, 0.25) is 0 Å². The van der Waals surface area contributed by atoms with Crippen molar-refractivity contribution in [1.82, 2.24) is 4.90 Å². The van der Waals surface area contributed by atoms with E-state index < -0.39 is 6.10 Å². The molecule has 1 aliphatic heterocycles. The van der Waals surface area contributed by atoms with Gasteiger partial charge >= 0.3 is 0 Å². The predicted octanol–water partition coefficient (Wildman–Crippen LogP) is 3.70. The summed E-state index contributed by atoms with van der Waals surface area (Å²) in [7, 11) is 0. The Morgan fingerprint density at radius 2 is 1.60 bits per heavy atom. The van der Waals surface area contributed by atoms with Crippen molar-refractivity contribution < 1.29 is 9.84 Å². The summed E-state index contributed by atoms with van der Waals surface area (Å²) in [6.45, 7) is 3.28. The molecule has 0 spiro atoms. The Hall–Kier alpha value is -1.84. The summed E-state index contributed by atoms with van der Waals surface area (Å²) in [5.41, 5.74) is 2.54. The molecular formula is C22H29NO2. The molecule has 1 fully saturated rings.